The summed E-state index contributed by atoms with van der Waals surface area (Å²) in [7, 11) is 0. The highest BCUT2D eigenvalue weighted by Gasteiger charge is 2.17. The number of ether oxygens (including phenoxy) is 1. The van der Waals surface area contributed by atoms with E-state index < -0.39 is 0 Å². The summed E-state index contributed by atoms with van der Waals surface area (Å²) in [5.41, 5.74) is 7.37. The van der Waals surface area contributed by atoms with E-state index in [-0.39, 0.29) is 24.0 Å². The largest absolute Gasteiger partial charge is 0.486 e. The second-order valence-electron chi connectivity index (χ2n) is 6.48. The van der Waals surface area contributed by atoms with Gasteiger partial charge < -0.3 is 15.8 Å². The van der Waals surface area contributed by atoms with Crippen molar-refractivity contribution in [1.82, 2.24) is 0 Å². The Kier molecular flexibility index (Phi) is 5.40. The second-order valence-corrected chi connectivity index (χ2v) is 6.48. The molecule has 0 aliphatic carbocycles. The van der Waals surface area contributed by atoms with Crippen molar-refractivity contribution < 1.29 is 9.53 Å². The third kappa shape index (κ3) is 5.42. The van der Waals surface area contributed by atoms with Crippen LogP contribution in [0.15, 0.2) is 54.6 Å². The first-order valence-corrected chi connectivity index (χ1v) is 7.73. The summed E-state index contributed by atoms with van der Waals surface area (Å²) in [5, 5.41) is 2.89. The van der Waals surface area contributed by atoms with Crippen molar-refractivity contribution in [2.75, 3.05) is 5.32 Å². The Morgan fingerprint density at radius 2 is 1.70 bits per heavy atom. The van der Waals surface area contributed by atoms with Crippen LogP contribution in [0, 0.1) is 0 Å². The molecule has 0 aliphatic heterocycles. The topological polar surface area (TPSA) is 64.3 Å². The zero-order valence-electron chi connectivity index (χ0n) is 13.9. The fourth-order valence-electron chi connectivity index (χ4n) is 2.21. The summed E-state index contributed by atoms with van der Waals surface area (Å²) in [6.07, 6.45) is 0.216. The minimum Gasteiger partial charge on any atom is -0.486 e. The number of anilines is 1. The van der Waals surface area contributed by atoms with Crippen LogP contribution >= 0.6 is 0 Å². The maximum Gasteiger partial charge on any atom is 0.226 e. The molecule has 0 saturated carbocycles. The lowest BCUT2D eigenvalue weighted by atomic mass is 10.0. The lowest BCUT2D eigenvalue weighted by molar-refractivity contribution is -0.116. The number of para-hydroxylation sites is 2. The molecule has 0 aromatic heterocycles. The lowest BCUT2D eigenvalue weighted by Crippen LogP contribution is -2.25. The first kappa shape index (κ1) is 17.0. The van der Waals surface area contributed by atoms with E-state index >= 15 is 0 Å². The molecule has 2 aromatic rings. The van der Waals surface area contributed by atoms with Gasteiger partial charge in [0.2, 0.25) is 5.91 Å². The predicted octanol–water partition coefficient (Wildman–Crippen LogP) is 3.89. The van der Waals surface area contributed by atoms with Gasteiger partial charge in [0.25, 0.3) is 0 Å². The van der Waals surface area contributed by atoms with Crippen molar-refractivity contribution in [1.29, 1.82) is 0 Å². The number of carbonyl (C=O) groups is 1. The Hall–Kier alpha value is -2.33. The third-order valence-corrected chi connectivity index (χ3v) is 3.21. The SMILES string of the molecule is CC(C)(C)Oc1ccccc1NC(=O)CC(N)c1ccccc1. The van der Waals surface area contributed by atoms with Crippen LogP contribution in [-0.2, 0) is 4.79 Å². The van der Waals surface area contributed by atoms with Gasteiger partial charge in [-0.05, 0) is 38.5 Å². The standard InChI is InChI=1S/C19H24N2O2/c1-19(2,3)23-17-12-8-7-11-16(17)21-18(22)13-15(20)14-9-5-4-6-10-14/h4-12,15H,13,20H2,1-3H3,(H,21,22). The first-order chi connectivity index (χ1) is 10.8. The summed E-state index contributed by atoms with van der Waals surface area (Å²) in [4.78, 5) is 12.3. The van der Waals surface area contributed by atoms with E-state index in [1.54, 1.807) is 0 Å². The number of nitrogens with one attached hydrogen (secondary N) is 1. The van der Waals surface area contributed by atoms with E-state index in [0.717, 1.165) is 5.56 Å². The van der Waals surface area contributed by atoms with Crippen LogP contribution in [0.3, 0.4) is 0 Å². The summed E-state index contributed by atoms with van der Waals surface area (Å²) in [5.74, 6) is 0.521. The number of benzene rings is 2. The van der Waals surface area contributed by atoms with Gasteiger partial charge >= 0.3 is 0 Å². The highest BCUT2D eigenvalue weighted by atomic mass is 16.5. The third-order valence-electron chi connectivity index (χ3n) is 3.21. The molecule has 0 heterocycles. The molecule has 2 aromatic carbocycles. The highest BCUT2D eigenvalue weighted by Crippen LogP contribution is 2.28. The number of hydrogen-bond acceptors (Lipinski definition) is 3. The smallest absolute Gasteiger partial charge is 0.226 e. The molecule has 0 saturated heterocycles. The Labute approximate surface area is 137 Å². The molecule has 0 bridgehead atoms. The molecule has 4 heteroatoms. The van der Waals surface area contributed by atoms with Crippen molar-refractivity contribution >= 4 is 11.6 Å². The summed E-state index contributed by atoms with van der Waals surface area (Å²) >= 11 is 0. The van der Waals surface area contributed by atoms with Crippen LogP contribution < -0.4 is 15.8 Å². The average molecular weight is 312 g/mol. The van der Waals surface area contributed by atoms with E-state index in [4.69, 9.17) is 10.5 Å². The van der Waals surface area contributed by atoms with Crippen molar-refractivity contribution in [2.24, 2.45) is 5.73 Å². The minimum absolute atomic E-state index is 0.133. The normalized spacial score (nSPS) is 12.5. The van der Waals surface area contributed by atoms with Crippen LogP contribution in [0.4, 0.5) is 5.69 Å². The number of hydrogen-bond donors (Lipinski definition) is 2. The summed E-state index contributed by atoms with van der Waals surface area (Å²) < 4.78 is 5.88. The molecule has 3 N–H and O–H groups in total. The van der Waals surface area contributed by atoms with E-state index in [0.29, 0.717) is 11.4 Å². The Morgan fingerprint density at radius 3 is 2.35 bits per heavy atom. The van der Waals surface area contributed by atoms with E-state index in [1.165, 1.54) is 0 Å². The van der Waals surface area contributed by atoms with Gasteiger partial charge in [0.05, 0.1) is 5.69 Å². The number of rotatable bonds is 5. The fourth-order valence-corrected chi connectivity index (χ4v) is 2.21. The number of carbonyl (C=O) groups excluding carboxylic acids is 1. The van der Waals surface area contributed by atoms with Crippen LogP contribution in [0.25, 0.3) is 0 Å². The monoisotopic (exact) mass is 312 g/mol. The summed E-state index contributed by atoms with van der Waals surface area (Å²) in [6.45, 7) is 5.91. The molecule has 1 amide bonds. The minimum atomic E-state index is -0.332. The van der Waals surface area contributed by atoms with Gasteiger partial charge in [-0.1, -0.05) is 42.5 Å². The van der Waals surface area contributed by atoms with Gasteiger partial charge in [-0.25, -0.2) is 0 Å². The van der Waals surface area contributed by atoms with Gasteiger partial charge in [-0.3, -0.25) is 4.79 Å². The van der Waals surface area contributed by atoms with Crippen molar-refractivity contribution in [3.8, 4) is 5.75 Å². The maximum absolute atomic E-state index is 12.3. The molecule has 4 nitrogen and oxygen atoms in total. The van der Waals surface area contributed by atoms with Crippen molar-refractivity contribution in [3.63, 3.8) is 0 Å². The average Bonchev–Trinajstić information content (AvgIpc) is 2.48. The fraction of sp³-hybridized carbons (Fsp3) is 0.316. The molecule has 23 heavy (non-hydrogen) atoms. The Morgan fingerprint density at radius 1 is 1.09 bits per heavy atom. The van der Waals surface area contributed by atoms with Gasteiger partial charge in [0, 0.05) is 12.5 Å². The first-order valence-electron chi connectivity index (χ1n) is 7.73. The second kappa shape index (κ2) is 7.29. The van der Waals surface area contributed by atoms with E-state index in [1.807, 2.05) is 75.4 Å². The summed E-state index contributed by atoms with van der Waals surface area (Å²) in [6, 6.07) is 16.7. The van der Waals surface area contributed by atoms with Gasteiger partial charge in [0.1, 0.15) is 11.4 Å². The van der Waals surface area contributed by atoms with Crippen molar-refractivity contribution in [3.05, 3.63) is 60.2 Å². The maximum atomic E-state index is 12.3. The van der Waals surface area contributed by atoms with Crippen LogP contribution in [-0.4, -0.2) is 11.5 Å². The van der Waals surface area contributed by atoms with Crippen LogP contribution in [0.2, 0.25) is 0 Å². The molecule has 1 unspecified atom stereocenters. The molecule has 0 spiro atoms. The zero-order valence-corrected chi connectivity index (χ0v) is 13.9. The molecular formula is C19H24N2O2. The predicted molar refractivity (Wildman–Crippen MR) is 93.4 cm³/mol. The number of amides is 1. The quantitative estimate of drug-likeness (QED) is 0.880. The van der Waals surface area contributed by atoms with Gasteiger partial charge in [-0.15, -0.1) is 0 Å². The van der Waals surface area contributed by atoms with Crippen LogP contribution in [0.5, 0.6) is 5.75 Å². The lowest BCUT2D eigenvalue weighted by Gasteiger charge is -2.23. The van der Waals surface area contributed by atoms with Gasteiger partial charge in [0.15, 0.2) is 0 Å². The number of nitrogens with two attached hydrogens (primary N) is 1. The Bertz CT molecular complexity index is 648. The van der Waals surface area contributed by atoms with E-state index in [9.17, 15) is 4.79 Å². The molecule has 0 radical (unpaired) electrons. The van der Waals surface area contributed by atoms with Crippen LogP contribution in [0.1, 0.15) is 38.8 Å². The molecule has 2 rings (SSSR count). The molecule has 0 aliphatic rings. The molecule has 1 atom stereocenters. The Balaban J connectivity index is 2.03. The molecular weight excluding hydrogens is 288 g/mol. The van der Waals surface area contributed by atoms with E-state index in [2.05, 4.69) is 5.32 Å². The molecule has 0 fully saturated rings. The zero-order chi connectivity index (χ0) is 16.9. The van der Waals surface area contributed by atoms with Gasteiger partial charge in [-0.2, -0.15) is 0 Å². The highest BCUT2D eigenvalue weighted by molar-refractivity contribution is 5.92. The molecule has 122 valence electrons. The van der Waals surface area contributed by atoms with Crippen molar-refractivity contribution in [2.45, 2.75) is 38.8 Å².